The lowest BCUT2D eigenvalue weighted by atomic mass is 10.0. The molecule has 18 heteroatoms. The highest BCUT2D eigenvalue weighted by Gasteiger charge is 2.54. The van der Waals surface area contributed by atoms with Crippen molar-refractivity contribution in [2.45, 2.75) is 49.4 Å². The first-order chi connectivity index (χ1) is 18.8. The Labute approximate surface area is 240 Å². The van der Waals surface area contributed by atoms with Crippen molar-refractivity contribution in [3.63, 3.8) is 0 Å². The third kappa shape index (κ3) is 5.83. The number of nitrogens with one attached hydrogen (secondary N) is 1. The fourth-order valence-corrected chi connectivity index (χ4v) is 6.69. The van der Waals surface area contributed by atoms with Crippen molar-refractivity contribution >= 4 is 69.7 Å². The van der Waals surface area contributed by atoms with Gasteiger partial charge in [-0.3, -0.25) is 24.2 Å². The minimum atomic E-state index is -1.27. The molecule has 1 fully saturated rings. The molecule has 0 aliphatic carbocycles. The Morgan fingerprint density at radius 3 is 2.67 bits per heavy atom. The smallest absolute Gasteiger partial charge is 0.416 e. The van der Waals surface area contributed by atoms with Gasteiger partial charge >= 0.3 is 12.1 Å². The van der Waals surface area contributed by atoms with Crippen LogP contribution in [0.15, 0.2) is 21.8 Å². The summed E-state index contributed by atoms with van der Waals surface area (Å²) < 4.78 is 6.87. The zero-order valence-electron chi connectivity index (χ0n) is 22.1. The van der Waals surface area contributed by atoms with Gasteiger partial charge in [-0.25, -0.2) is 19.3 Å². The molecule has 2 aromatic rings. The highest BCUT2D eigenvalue weighted by atomic mass is 32.2. The molecule has 0 spiro atoms. The summed E-state index contributed by atoms with van der Waals surface area (Å²) in [5.74, 6) is -3.43. The number of carbonyl (C=O) groups is 5. The zero-order chi connectivity index (χ0) is 29.4. The van der Waals surface area contributed by atoms with Crippen LogP contribution in [0, 0.1) is 0 Å². The molecule has 4 rings (SSSR count). The van der Waals surface area contributed by atoms with Gasteiger partial charge in [0.1, 0.15) is 28.4 Å². The number of thiazole rings is 1. The summed E-state index contributed by atoms with van der Waals surface area (Å²) in [5, 5.41) is 24.6. The Morgan fingerprint density at radius 2 is 2.05 bits per heavy atom. The van der Waals surface area contributed by atoms with Crippen molar-refractivity contribution in [1.29, 1.82) is 0 Å². The molecule has 0 aromatic carbocycles. The van der Waals surface area contributed by atoms with Crippen molar-refractivity contribution in [3.05, 3.63) is 22.3 Å². The monoisotopic (exact) mass is 610 g/mol. The lowest BCUT2D eigenvalue weighted by Crippen LogP contribution is -2.71. The minimum absolute atomic E-state index is 0.153. The third-order valence-electron chi connectivity index (χ3n) is 6.20. The molecule has 214 valence electrons. The second-order valence-corrected chi connectivity index (χ2v) is 12.3. The number of anilines is 1. The quantitative estimate of drug-likeness (QED) is 0.169. The summed E-state index contributed by atoms with van der Waals surface area (Å²) in [6, 6.07) is -1.08. The van der Waals surface area contributed by atoms with E-state index in [1.165, 1.54) is 40.6 Å². The van der Waals surface area contributed by atoms with Gasteiger partial charge in [0.2, 0.25) is 5.16 Å². The van der Waals surface area contributed by atoms with Gasteiger partial charge in [-0.15, -0.1) is 28.2 Å². The average molecular weight is 611 g/mol. The number of amides is 3. The molecule has 0 saturated carbocycles. The van der Waals surface area contributed by atoms with E-state index in [0.717, 1.165) is 21.1 Å². The number of ether oxygens (including phenoxy) is 1. The van der Waals surface area contributed by atoms with Crippen LogP contribution in [0.5, 0.6) is 0 Å². The Kier molecular flexibility index (Phi) is 8.50. The number of hydrogen-bond donors (Lipinski definition) is 2. The van der Waals surface area contributed by atoms with Crippen molar-refractivity contribution in [1.82, 2.24) is 35.4 Å². The molecule has 2 atom stereocenters. The number of aromatic nitrogens is 5. The zero-order valence-corrected chi connectivity index (χ0v) is 24.6. The Bertz CT molecular complexity index is 1400. The molecule has 2 aromatic heterocycles. The first kappa shape index (κ1) is 29.5. The van der Waals surface area contributed by atoms with Crippen LogP contribution in [-0.4, -0.2) is 100 Å². The summed E-state index contributed by atoms with van der Waals surface area (Å²) in [6.45, 7) is 5.40. The van der Waals surface area contributed by atoms with Gasteiger partial charge in [-0.2, -0.15) is 0 Å². The van der Waals surface area contributed by atoms with E-state index in [1.54, 1.807) is 20.9 Å². The molecule has 15 nitrogen and oxygen atoms in total. The van der Waals surface area contributed by atoms with E-state index >= 15 is 0 Å². The molecule has 2 aliphatic rings. The van der Waals surface area contributed by atoms with Crippen LogP contribution in [-0.2, 0) is 26.2 Å². The standard InChI is InChI=1S/C22H26N8O7S3/c1-6-22(2,3)37-21(36)28(4)19-23-11(9-40-19)14(31)15(32)24-12-16(33)30-13(18(34)35)10(7-38-17(12)30)8-39-20-25-26-27-29(20)5/h9,12,17H,6-8H2,1-5H3,(H,24,32)(H,34,35)/t12?,17-/m0/s1. The van der Waals surface area contributed by atoms with Crippen LogP contribution >= 0.6 is 34.9 Å². The van der Waals surface area contributed by atoms with Crippen LogP contribution in [0.25, 0.3) is 0 Å². The maximum Gasteiger partial charge on any atom is 0.416 e. The predicted octanol–water partition coefficient (Wildman–Crippen LogP) is 1.14. The van der Waals surface area contributed by atoms with E-state index in [-0.39, 0.29) is 22.3 Å². The number of carboxylic acid groups (broad SMARTS) is 1. The van der Waals surface area contributed by atoms with E-state index in [2.05, 4.69) is 25.8 Å². The van der Waals surface area contributed by atoms with Gasteiger partial charge < -0.3 is 15.2 Å². The van der Waals surface area contributed by atoms with Gasteiger partial charge in [0, 0.05) is 31.0 Å². The Balaban J connectivity index is 1.40. The fourth-order valence-electron chi connectivity index (χ4n) is 3.59. The van der Waals surface area contributed by atoms with Crippen LogP contribution in [0.1, 0.15) is 37.7 Å². The van der Waals surface area contributed by atoms with Crippen LogP contribution in [0.3, 0.4) is 0 Å². The average Bonchev–Trinajstić information content (AvgIpc) is 3.57. The predicted molar refractivity (Wildman–Crippen MR) is 145 cm³/mol. The highest BCUT2D eigenvalue weighted by molar-refractivity contribution is 8.01. The van der Waals surface area contributed by atoms with E-state index in [4.69, 9.17) is 4.74 Å². The number of fused-ring (bicyclic) bond motifs is 1. The fraction of sp³-hybridized carbons (Fsp3) is 0.500. The van der Waals surface area contributed by atoms with Gasteiger partial charge in [-0.1, -0.05) is 18.7 Å². The first-order valence-electron chi connectivity index (χ1n) is 11.9. The minimum Gasteiger partial charge on any atom is -0.477 e. The topological polar surface area (TPSA) is 190 Å². The number of Topliss-reactive ketones (excluding diaryl/α,β-unsaturated/α-hetero) is 1. The van der Waals surface area contributed by atoms with Crippen LogP contribution in [0.2, 0.25) is 0 Å². The Hall–Kier alpha value is -3.51. The first-order valence-corrected chi connectivity index (χ1v) is 14.8. The molecule has 40 heavy (non-hydrogen) atoms. The molecular formula is C22H26N8O7S3. The summed E-state index contributed by atoms with van der Waals surface area (Å²) in [6.07, 6.45) is -0.0670. The van der Waals surface area contributed by atoms with E-state index in [9.17, 15) is 29.1 Å². The largest absolute Gasteiger partial charge is 0.477 e. The number of aryl methyl sites for hydroxylation is 1. The molecule has 2 aliphatic heterocycles. The van der Waals surface area contributed by atoms with E-state index in [0.29, 0.717) is 22.9 Å². The summed E-state index contributed by atoms with van der Waals surface area (Å²) in [7, 11) is 3.09. The summed E-state index contributed by atoms with van der Waals surface area (Å²) >= 11 is 3.49. The maximum atomic E-state index is 12.9. The molecule has 4 heterocycles. The van der Waals surface area contributed by atoms with Gasteiger partial charge in [-0.05, 0) is 36.3 Å². The number of hydrogen-bond acceptors (Lipinski definition) is 13. The maximum absolute atomic E-state index is 12.9. The third-order valence-corrected chi connectivity index (χ3v) is 9.55. The molecule has 3 amide bonds. The summed E-state index contributed by atoms with van der Waals surface area (Å²) in [5.41, 5.74) is -0.532. The molecule has 0 radical (unpaired) electrons. The van der Waals surface area contributed by atoms with Gasteiger partial charge in [0.05, 0.1) is 0 Å². The number of nitrogens with zero attached hydrogens (tertiary/aromatic N) is 7. The van der Waals surface area contributed by atoms with Crippen molar-refractivity contribution in [2.75, 3.05) is 23.5 Å². The SMILES string of the molecule is CCC(C)(C)OC(=O)N(C)c1nc(C(=O)C(=O)NC2C(=O)N3C(C(=O)O)=C(CSc4nnnn4C)CS[C@@H]23)cs1. The molecule has 0 bridgehead atoms. The summed E-state index contributed by atoms with van der Waals surface area (Å²) in [4.78, 5) is 69.2. The number of ketones is 1. The van der Waals surface area contributed by atoms with Crippen molar-refractivity contribution < 1.29 is 33.8 Å². The number of carboxylic acids is 1. The lowest BCUT2D eigenvalue weighted by molar-refractivity contribution is -0.150. The lowest BCUT2D eigenvalue weighted by Gasteiger charge is -2.49. The van der Waals surface area contributed by atoms with Crippen molar-refractivity contribution in [2.24, 2.45) is 7.05 Å². The van der Waals surface area contributed by atoms with Crippen LogP contribution < -0.4 is 10.2 Å². The Morgan fingerprint density at radius 1 is 1.32 bits per heavy atom. The molecule has 2 N–H and O–H groups in total. The van der Waals surface area contributed by atoms with Crippen molar-refractivity contribution in [3.8, 4) is 0 Å². The second kappa shape index (κ2) is 11.5. The number of rotatable bonds is 10. The number of carbonyl (C=O) groups excluding carboxylic acids is 4. The number of thioether (sulfide) groups is 2. The number of aliphatic carboxylic acids is 1. The van der Waals surface area contributed by atoms with E-state index in [1.807, 2.05) is 6.92 Å². The second-order valence-electron chi connectivity index (χ2n) is 9.38. The molecular weight excluding hydrogens is 584 g/mol. The van der Waals surface area contributed by atoms with E-state index < -0.39 is 46.7 Å². The van der Waals surface area contributed by atoms with Gasteiger partial charge in [0.15, 0.2) is 5.13 Å². The molecule has 1 saturated heterocycles. The molecule has 1 unspecified atom stereocenters. The number of β-lactam (4-membered cyclic amide) rings is 1. The number of tetrazole rings is 1. The van der Waals surface area contributed by atoms with Crippen LogP contribution in [0.4, 0.5) is 9.93 Å². The van der Waals surface area contributed by atoms with Gasteiger partial charge in [0.25, 0.3) is 17.6 Å². The normalized spacial score (nSPS) is 18.6. The highest BCUT2D eigenvalue weighted by Crippen LogP contribution is 2.41.